The first-order valence-electron chi connectivity index (χ1n) is 8.10. The molecule has 0 N–H and O–H groups in total. The molecule has 0 atom stereocenters. The van der Waals surface area contributed by atoms with Gasteiger partial charge in [-0.05, 0) is 26.3 Å². The summed E-state index contributed by atoms with van der Waals surface area (Å²) in [5.74, 6) is 0.506. The Morgan fingerprint density at radius 1 is 1.38 bits per heavy atom. The Kier molecular flexibility index (Phi) is 4.99. The van der Waals surface area contributed by atoms with Gasteiger partial charge >= 0.3 is 5.97 Å². The number of hydrogen-bond donors (Lipinski definition) is 0. The molecule has 0 aliphatic heterocycles. The van der Waals surface area contributed by atoms with E-state index in [-0.39, 0.29) is 6.61 Å². The summed E-state index contributed by atoms with van der Waals surface area (Å²) >= 11 is 1.60. The van der Waals surface area contributed by atoms with Crippen LogP contribution >= 0.6 is 11.3 Å². The second-order valence-corrected chi connectivity index (χ2v) is 7.09. The third-order valence-corrected chi connectivity index (χ3v) is 4.91. The fourth-order valence-corrected chi connectivity index (χ4v) is 3.46. The molecule has 136 valence electrons. The molecule has 3 heterocycles. The fourth-order valence-electron chi connectivity index (χ4n) is 2.47. The maximum atomic E-state index is 12.3. The largest absolute Gasteiger partial charge is 0.462 e. The molecule has 3 aromatic heterocycles. The van der Waals surface area contributed by atoms with E-state index in [2.05, 4.69) is 20.1 Å². The van der Waals surface area contributed by atoms with Crippen molar-refractivity contribution in [1.82, 2.24) is 24.6 Å². The zero-order valence-corrected chi connectivity index (χ0v) is 16.2. The summed E-state index contributed by atoms with van der Waals surface area (Å²) in [6.07, 6.45) is 4.57. The second kappa shape index (κ2) is 7.20. The molecule has 0 saturated heterocycles. The number of thiophene rings is 1. The van der Waals surface area contributed by atoms with Gasteiger partial charge in [-0.3, -0.25) is 0 Å². The van der Waals surface area contributed by atoms with Gasteiger partial charge in [0.25, 0.3) is 0 Å². The van der Waals surface area contributed by atoms with Crippen LogP contribution in [0.4, 0.5) is 5.82 Å². The lowest BCUT2D eigenvalue weighted by Crippen LogP contribution is -2.09. The highest BCUT2D eigenvalue weighted by Gasteiger charge is 2.22. The standard InChI is InChI=1S/C17H20N6O2S/c1-6-25-17(24)12-7-21-23(14(12)20-9-22(4)5)15-13-10(2)11(3)26-16(13)19-8-18-15/h7-9H,6H2,1-5H3/b20-9+. The number of carbonyl (C=O) groups is 1. The van der Waals surface area contributed by atoms with Crippen LogP contribution in [0.1, 0.15) is 27.7 Å². The van der Waals surface area contributed by atoms with Crippen LogP contribution in [0.15, 0.2) is 17.5 Å². The van der Waals surface area contributed by atoms with Gasteiger partial charge in [-0.25, -0.2) is 19.8 Å². The van der Waals surface area contributed by atoms with Crippen molar-refractivity contribution in [2.45, 2.75) is 20.8 Å². The van der Waals surface area contributed by atoms with Gasteiger partial charge in [0.2, 0.25) is 0 Å². The molecule has 0 radical (unpaired) electrons. The van der Waals surface area contributed by atoms with Crippen molar-refractivity contribution < 1.29 is 9.53 Å². The first-order valence-corrected chi connectivity index (χ1v) is 8.92. The Bertz CT molecular complexity index is 989. The Labute approximate surface area is 155 Å². The van der Waals surface area contributed by atoms with Crippen molar-refractivity contribution >= 4 is 39.7 Å². The van der Waals surface area contributed by atoms with Gasteiger partial charge < -0.3 is 9.64 Å². The van der Waals surface area contributed by atoms with E-state index in [4.69, 9.17) is 4.74 Å². The van der Waals surface area contributed by atoms with Gasteiger partial charge in [-0.1, -0.05) is 0 Å². The molecule has 0 spiro atoms. The zero-order chi connectivity index (χ0) is 18.8. The third kappa shape index (κ3) is 3.17. The molecule has 0 unspecified atom stereocenters. The van der Waals surface area contributed by atoms with E-state index in [9.17, 15) is 4.79 Å². The molecule has 0 fully saturated rings. The Balaban J connectivity index is 2.24. The maximum Gasteiger partial charge on any atom is 0.343 e. The summed E-state index contributed by atoms with van der Waals surface area (Å²) in [5.41, 5.74) is 1.39. The molecule has 3 aromatic rings. The van der Waals surface area contributed by atoms with Crippen LogP contribution in [0.3, 0.4) is 0 Å². The highest BCUT2D eigenvalue weighted by molar-refractivity contribution is 7.18. The first kappa shape index (κ1) is 18.0. The molecular weight excluding hydrogens is 352 g/mol. The Morgan fingerprint density at radius 3 is 2.85 bits per heavy atom. The van der Waals surface area contributed by atoms with Gasteiger partial charge in [-0.15, -0.1) is 11.3 Å². The zero-order valence-electron chi connectivity index (χ0n) is 15.3. The van der Waals surface area contributed by atoms with Gasteiger partial charge in [0.1, 0.15) is 16.7 Å². The summed E-state index contributed by atoms with van der Waals surface area (Å²) in [6.45, 7) is 6.11. The number of esters is 1. The topological polar surface area (TPSA) is 85.5 Å². The third-order valence-electron chi connectivity index (χ3n) is 3.80. The number of aliphatic imine (C=N–C) groups is 1. The van der Waals surface area contributed by atoms with E-state index in [1.807, 2.05) is 27.9 Å². The number of aryl methyl sites for hydroxylation is 2. The number of rotatable bonds is 5. The SMILES string of the molecule is CCOC(=O)c1cnn(-c2ncnc3sc(C)c(C)c23)c1/N=C/N(C)C. The Hall–Kier alpha value is -2.81. The lowest BCUT2D eigenvalue weighted by molar-refractivity contribution is 0.0527. The van der Waals surface area contributed by atoms with Crippen molar-refractivity contribution in [3.8, 4) is 5.82 Å². The van der Waals surface area contributed by atoms with E-state index in [1.165, 1.54) is 12.5 Å². The summed E-state index contributed by atoms with van der Waals surface area (Å²) < 4.78 is 6.69. The molecule has 0 aromatic carbocycles. The van der Waals surface area contributed by atoms with Crippen molar-refractivity contribution in [3.05, 3.63) is 28.5 Å². The number of carbonyl (C=O) groups excluding carboxylic acids is 1. The molecule has 0 aliphatic carbocycles. The van der Waals surface area contributed by atoms with E-state index < -0.39 is 5.97 Å². The highest BCUT2D eigenvalue weighted by Crippen LogP contribution is 2.33. The molecule has 0 aliphatic rings. The number of fused-ring (bicyclic) bond motifs is 1. The van der Waals surface area contributed by atoms with Gasteiger partial charge in [0.05, 0.1) is 24.5 Å². The molecule has 3 rings (SSSR count). The lowest BCUT2D eigenvalue weighted by Gasteiger charge is -2.08. The fraction of sp³-hybridized carbons (Fsp3) is 0.353. The van der Waals surface area contributed by atoms with Crippen molar-refractivity contribution in [2.24, 2.45) is 4.99 Å². The number of ether oxygens (including phenoxy) is 1. The minimum Gasteiger partial charge on any atom is -0.462 e. The van der Waals surface area contributed by atoms with Crippen LogP contribution in [-0.2, 0) is 4.74 Å². The summed E-state index contributed by atoms with van der Waals surface area (Å²) in [6, 6.07) is 0. The van der Waals surface area contributed by atoms with Crippen LogP contribution in [0.2, 0.25) is 0 Å². The smallest absolute Gasteiger partial charge is 0.343 e. The monoisotopic (exact) mass is 372 g/mol. The van der Waals surface area contributed by atoms with Gasteiger partial charge in [0.15, 0.2) is 11.6 Å². The molecule has 0 amide bonds. The number of aromatic nitrogens is 4. The lowest BCUT2D eigenvalue weighted by atomic mass is 10.2. The molecule has 0 bridgehead atoms. The molecule has 0 saturated carbocycles. The van der Waals surface area contributed by atoms with E-state index in [0.717, 1.165) is 20.7 Å². The van der Waals surface area contributed by atoms with Crippen molar-refractivity contribution in [2.75, 3.05) is 20.7 Å². The molecule has 8 nitrogen and oxygen atoms in total. The van der Waals surface area contributed by atoms with Crippen LogP contribution in [0.25, 0.3) is 16.0 Å². The van der Waals surface area contributed by atoms with E-state index >= 15 is 0 Å². The van der Waals surface area contributed by atoms with Crippen molar-refractivity contribution in [1.29, 1.82) is 0 Å². The van der Waals surface area contributed by atoms with Crippen LogP contribution in [-0.4, -0.2) is 57.7 Å². The Morgan fingerprint density at radius 2 is 2.15 bits per heavy atom. The van der Waals surface area contributed by atoms with E-state index in [0.29, 0.717) is 17.2 Å². The predicted molar refractivity (Wildman–Crippen MR) is 102 cm³/mol. The van der Waals surface area contributed by atoms with Crippen molar-refractivity contribution in [3.63, 3.8) is 0 Å². The van der Waals surface area contributed by atoms with Gasteiger partial charge in [0, 0.05) is 19.0 Å². The number of hydrogen-bond acceptors (Lipinski definition) is 7. The summed E-state index contributed by atoms with van der Waals surface area (Å²) in [5, 5.41) is 5.28. The summed E-state index contributed by atoms with van der Waals surface area (Å²) in [7, 11) is 3.70. The normalized spacial score (nSPS) is 11.4. The molecule has 26 heavy (non-hydrogen) atoms. The molecular formula is C17H20N6O2S. The van der Waals surface area contributed by atoms with Gasteiger partial charge in [-0.2, -0.15) is 9.78 Å². The quantitative estimate of drug-likeness (QED) is 0.389. The van der Waals surface area contributed by atoms with Crippen LogP contribution < -0.4 is 0 Å². The highest BCUT2D eigenvalue weighted by atomic mass is 32.1. The second-order valence-electron chi connectivity index (χ2n) is 5.88. The average molecular weight is 372 g/mol. The number of nitrogens with zero attached hydrogens (tertiary/aromatic N) is 6. The predicted octanol–water partition coefficient (Wildman–Crippen LogP) is 2.89. The maximum absolute atomic E-state index is 12.3. The average Bonchev–Trinajstić information content (AvgIpc) is 3.14. The minimum atomic E-state index is -0.465. The first-order chi connectivity index (χ1) is 12.4. The molecule has 9 heteroatoms. The summed E-state index contributed by atoms with van der Waals surface area (Å²) in [4.78, 5) is 29.3. The van der Waals surface area contributed by atoms with Crippen LogP contribution in [0, 0.1) is 13.8 Å². The van der Waals surface area contributed by atoms with Crippen LogP contribution in [0.5, 0.6) is 0 Å². The minimum absolute atomic E-state index is 0.279. The van der Waals surface area contributed by atoms with E-state index in [1.54, 1.807) is 34.2 Å².